The summed E-state index contributed by atoms with van der Waals surface area (Å²) in [5.41, 5.74) is 2.07. The molecule has 1 aliphatic heterocycles. The van der Waals surface area contributed by atoms with Crippen molar-refractivity contribution in [2.75, 3.05) is 20.1 Å². The second kappa shape index (κ2) is 5.49. The molecule has 0 aliphatic carbocycles. The minimum Gasteiger partial charge on any atom is -0.316 e. The Bertz CT molecular complexity index is 566. The molecule has 3 rings (SSSR count). The minimum absolute atomic E-state index is 0.611. The number of nitrogens with zero attached hydrogens (tertiary/aromatic N) is 3. The van der Waals surface area contributed by atoms with E-state index < -0.39 is 0 Å². The van der Waals surface area contributed by atoms with Crippen LogP contribution < -0.4 is 5.32 Å². The number of aromatic nitrogens is 2. The predicted molar refractivity (Wildman–Crippen MR) is 77.6 cm³/mol. The smallest absolute Gasteiger partial charge is 0.137 e. The van der Waals surface area contributed by atoms with E-state index in [1.165, 1.54) is 12.8 Å². The van der Waals surface area contributed by atoms with Gasteiger partial charge in [-0.15, -0.1) is 0 Å². The third kappa shape index (κ3) is 2.91. The summed E-state index contributed by atoms with van der Waals surface area (Å²) in [5, 5.41) is 4.11. The van der Waals surface area contributed by atoms with Crippen LogP contribution in [0, 0.1) is 0 Å². The topological polar surface area (TPSA) is 32.6 Å². The van der Waals surface area contributed by atoms with E-state index in [2.05, 4.69) is 21.4 Å². The number of likely N-dealkylation sites (tertiary alicyclic amines) is 1. The molecule has 102 valence electrons. The van der Waals surface area contributed by atoms with Crippen molar-refractivity contribution in [3.63, 3.8) is 0 Å². The number of pyridine rings is 1. The Morgan fingerprint density at radius 3 is 3.16 bits per heavy atom. The number of piperidine rings is 1. The van der Waals surface area contributed by atoms with Crippen molar-refractivity contribution in [2.24, 2.45) is 0 Å². The number of likely N-dealkylation sites (N-methyl/N-ethyl adjacent to an activating group) is 1. The second-order valence-electron chi connectivity index (χ2n) is 5.21. The van der Waals surface area contributed by atoms with E-state index >= 15 is 0 Å². The van der Waals surface area contributed by atoms with Crippen molar-refractivity contribution in [2.45, 2.75) is 25.4 Å². The third-order valence-corrected chi connectivity index (χ3v) is 3.99. The van der Waals surface area contributed by atoms with Crippen LogP contribution in [0.1, 0.15) is 18.5 Å². The Kier molecular flexibility index (Phi) is 3.73. The van der Waals surface area contributed by atoms with Gasteiger partial charge in [-0.25, -0.2) is 4.98 Å². The zero-order valence-electron chi connectivity index (χ0n) is 11.1. The quantitative estimate of drug-likeness (QED) is 0.934. The van der Waals surface area contributed by atoms with Crippen LogP contribution in [0.5, 0.6) is 0 Å². The molecule has 5 heteroatoms. The molecular weight excluding hydrogens is 260 g/mol. The molecule has 19 heavy (non-hydrogen) atoms. The lowest BCUT2D eigenvalue weighted by atomic mass is 10.1. The van der Waals surface area contributed by atoms with Gasteiger partial charge in [0.05, 0.1) is 10.7 Å². The van der Waals surface area contributed by atoms with Crippen LogP contribution in [0.25, 0.3) is 5.65 Å². The molecular formula is C14H19ClN4. The number of halogens is 1. The lowest BCUT2D eigenvalue weighted by Crippen LogP contribution is -2.43. The largest absolute Gasteiger partial charge is 0.316 e. The molecule has 0 radical (unpaired) electrons. The van der Waals surface area contributed by atoms with Gasteiger partial charge in [0, 0.05) is 31.5 Å². The van der Waals surface area contributed by atoms with Crippen LogP contribution >= 0.6 is 11.6 Å². The fourth-order valence-corrected chi connectivity index (χ4v) is 2.93. The fraction of sp³-hybridized carbons (Fsp3) is 0.500. The Morgan fingerprint density at radius 1 is 1.42 bits per heavy atom. The minimum atomic E-state index is 0.611. The molecule has 1 saturated heterocycles. The lowest BCUT2D eigenvalue weighted by Gasteiger charge is -2.31. The van der Waals surface area contributed by atoms with Gasteiger partial charge in [0.25, 0.3) is 0 Å². The molecule has 0 aromatic carbocycles. The highest BCUT2D eigenvalue weighted by Gasteiger charge is 2.19. The number of fused-ring (bicyclic) bond motifs is 1. The van der Waals surface area contributed by atoms with Crippen molar-refractivity contribution in [3.05, 3.63) is 35.2 Å². The van der Waals surface area contributed by atoms with Gasteiger partial charge in [0.15, 0.2) is 0 Å². The second-order valence-corrected chi connectivity index (χ2v) is 5.64. The van der Waals surface area contributed by atoms with E-state index in [4.69, 9.17) is 11.6 Å². The van der Waals surface area contributed by atoms with Crippen LogP contribution in [0.3, 0.4) is 0 Å². The number of imidazole rings is 1. The summed E-state index contributed by atoms with van der Waals surface area (Å²) in [6, 6.07) is 4.45. The highest BCUT2D eigenvalue weighted by Crippen LogP contribution is 2.15. The van der Waals surface area contributed by atoms with Crippen molar-refractivity contribution < 1.29 is 0 Å². The maximum absolute atomic E-state index is 5.99. The number of rotatable bonds is 3. The third-order valence-electron chi connectivity index (χ3n) is 3.76. The van der Waals surface area contributed by atoms with Crippen molar-refractivity contribution in [1.82, 2.24) is 19.6 Å². The first-order chi connectivity index (χ1) is 9.24. The Morgan fingerprint density at radius 2 is 2.32 bits per heavy atom. The van der Waals surface area contributed by atoms with Gasteiger partial charge in [-0.05, 0) is 38.6 Å². The van der Waals surface area contributed by atoms with Gasteiger partial charge in [0.2, 0.25) is 0 Å². The fourth-order valence-electron chi connectivity index (χ4n) is 2.76. The van der Waals surface area contributed by atoms with Crippen molar-refractivity contribution in [1.29, 1.82) is 0 Å². The van der Waals surface area contributed by atoms with Gasteiger partial charge in [-0.3, -0.25) is 4.90 Å². The monoisotopic (exact) mass is 278 g/mol. The summed E-state index contributed by atoms with van der Waals surface area (Å²) in [5.74, 6) is 0. The zero-order valence-corrected chi connectivity index (χ0v) is 11.9. The summed E-state index contributed by atoms with van der Waals surface area (Å²) < 4.78 is 2.00. The van der Waals surface area contributed by atoms with Crippen molar-refractivity contribution >= 4 is 17.2 Å². The highest BCUT2D eigenvalue weighted by atomic mass is 35.5. The summed E-state index contributed by atoms with van der Waals surface area (Å²) in [6.07, 6.45) is 6.50. The van der Waals surface area contributed by atoms with E-state index in [0.29, 0.717) is 6.04 Å². The molecule has 3 heterocycles. The zero-order chi connectivity index (χ0) is 13.2. The van der Waals surface area contributed by atoms with Gasteiger partial charge in [-0.1, -0.05) is 11.6 Å². The lowest BCUT2D eigenvalue weighted by molar-refractivity contribution is 0.186. The molecule has 2 aromatic heterocycles. The molecule has 1 fully saturated rings. The van der Waals surface area contributed by atoms with E-state index in [9.17, 15) is 0 Å². The van der Waals surface area contributed by atoms with Gasteiger partial charge in [-0.2, -0.15) is 0 Å². The SMILES string of the molecule is CNC1CCCN(Cc2cn3cc(Cl)ccc3n2)C1. The molecule has 0 amide bonds. The Balaban J connectivity index is 1.74. The van der Waals surface area contributed by atoms with Gasteiger partial charge >= 0.3 is 0 Å². The first kappa shape index (κ1) is 12.9. The van der Waals surface area contributed by atoms with Crippen LogP contribution in [-0.2, 0) is 6.54 Å². The van der Waals surface area contributed by atoms with E-state index in [1.807, 2.05) is 29.8 Å². The van der Waals surface area contributed by atoms with Gasteiger partial charge in [0.1, 0.15) is 5.65 Å². The highest BCUT2D eigenvalue weighted by molar-refractivity contribution is 6.30. The summed E-state index contributed by atoms with van der Waals surface area (Å²) in [6.45, 7) is 3.18. The molecule has 1 N–H and O–H groups in total. The van der Waals surface area contributed by atoms with Crippen LogP contribution in [-0.4, -0.2) is 40.5 Å². The first-order valence-electron chi connectivity index (χ1n) is 6.77. The maximum atomic E-state index is 5.99. The molecule has 2 aromatic rings. The van der Waals surface area contributed by atoms with Gasteiger partial charge < -0.3 is 9.72 Å². The maximum Gasteiger partial charge on any atom is 0.137 e. The summed E-state index contributed by atoms with van der Waals surface area (Å²) >= 11 is 5.99. The van der Waals surface area contributed by atoms with Crippen LogP contribution in [0.2, 0.25) is 5.02 Å². The molecule has 0 bridgehead atoms. The molecule has 1 unspecified atom stereocenters. The molecule has 1 atom stereocenters. The normalized spacial score (nSPS) is 21.1. The van der Waals surface area contributed by atoms with E-state index in [-0.39, 0.29) is 0 Å². The van der Waals surface area contributed by atoms with Crippen LogP contribution in [0.15, 0.2) is 24.5 Å². The first-order valence-corrected chi connectivity index (χ1v) is 7.15. The molecule has 4 nitrogen and oxygen atoms in total. The average Bonchev–Trinajstić information content (AvgIpc) is 2.80. The standard InChI is InChI=1S/C14H19ClN4/c1-16-12-3-2-6-18(8-12)9-13-10-19-7-11(15)4-5-14(19)17-13/h4-5,7,10,12,16H,2-3,6,8-9H2,1H3. The number of nitrogens with one attached hydrogen (secondary N) is 1. The summed E-state index contributed by atoms with van der Waals surface area (Å²) in [7, 11) is 2.04. The van der Waals surface area contributed by atoms with Crippen LogP contribution in [0.4, 0.5) is 0 Å². The van der Waals surface area contributed by atoms with Crippen molar-refractivity contribution in [3.8, 4) is 0 Å². The number of hydrogen-bond donors (Lipinski definition) is 1. The number of hydrogen-bond acceptors (Lipinski definition) is 3. The molecule has 0 spiro atoms. The van der Waals surface area contributed by atoms with E-state index in [1.54, 1.807) is 0 Å². The average molecular weight is 279 g/mol. The molecule has 0 saturated carbocycles. The predicted octanol–water partition coefficient (Wildman–Crippen LogP) is 2.17. The Hall–Kier alpha value is -1.10. The molecule has 1 aliphatic rings. The summed E-state index contributed by atoms with van der Waals surface area (Å²) in [4.78, 5) is 7.11. The van der Waals surface area contributed by atoms with E-state index in [0.717, 1.165) is 36.0 Å². The Labute approximate surface area is 118 Å².